The van der Waals surface area contributed by atoms with Crippen molar-refractivity contribution in [3.8, 4) is 17.2 Å². The molecule has 200 valence electrons. The van der Waals surface area contributed by atoms with E-state index in [4.69, 9.17) is 14.2 Å². The van der Waals surface area contributed by atoms with E-state index in [9.17, 15) is 9.59 Å². The summed E-state index contributed by atoms with van der Waals surface area (Å²) < 4.78 is 15.8. The number of hydrogen-bond donors (Lipinski definition) is 2. The number of rotatable bonds is 10. The summed E-state index contributed by atoms with van der Waals surface area (Å²) in [4.78, 5) is 28.1. The zero-order valence-corrected chi connectivity index (χ0v) is 22.2. The van der Waals surface area contributed by atoms with Gasteiger partial charge in [0.2, 0.25) is 0 Å². The van der Waals surface area contributed by atoms with E-state index in [1.807, 2.05) is 48.5 Å². The molecule has 0 atom stereocenters. The van der Waals surface area contributed by atoms with Crippen molar-refractivity contribution >= 4 is 17.5 Å². The van der Waals surface area contributed by atoms with Crippen molar-refractivity contribution in [1.82, 2.24) is 10.6 Å². The van der Waals surface area contributed by atoms with Gasteiger partial charge in [-0.05, 0) is 61.2 Å². The number of anilines is 1. The Hall–Kier alpha value is -4.20. The Bertz CT molecular complexity index is 1210. The molecule has 0 radical (unpaired) electrons. The molecule has 2 N–H and O–H groups in total. The van der Waals surface area contributed by atoms with E-state index in [1.54, 1.807) is 39.5 Å². The van der Waals surface area contributed by atoms with E-state index >= 15 is 0 Å². The molecule has 1 aliphatic rings. The van der Waals surface area contributed by atoms with Gasteiger partial charge < -0.3 is 29.7 Å². The molecule has 0 unspecified atom stereocenters. The van der Waals surface area contributed by atoms with E-state index in [1.165, 1.54) is 0 Å². The van der Waals surface area contributed by atoms with Crippen LogP contribution in [0.2, 0.25) is 0 Å². The van der Waals surface area contributed by atoms with Gasteiger partial charge >= 0.3 is 0 Å². The summed E-state index contributed by atoms with van der Waals surface area (Å²) >= 11 is 0. The average Bonchev–Trinajstić information content (AvgIpc) is 2.97. The molecule has 1 saturated heterocycles. The number of methoxy groups -OCH3 is 3. The molecular weight excluding hydrogens is 482 g/mol. The van der Waals surface area contributed by atoms with Crippen LogP contribution in [0, 0.1) is 0 Å². The number of hydrogen-bond acceptors (Lipinski definition) is 6. The Morgan fingerprint density at radius 3 is 2.08 bits per heavy atom. The van der Waals surface area contributed by atoms with E-state index in [-0.39, 0.29) is 17.9 Å². The molecule has 0 bridgehead atoms. The first-order valence-electron chi connectivity index (χ1n) is 12.8. The zero-order valence-electron chi connectivity index (χ0n) is 22.2. The number of para-hydroxylation sites is 1. The van der Waals surface area contributed by atoms with Crippen LogP contribution in [0.5, 0.6) is 17.2 Å². The van der Waals surface area contributed by atoms with Gasteiger partial charge in [-0.25, -0.2) is 0 Å². The molecular formula is C30H35N3O5. The second-order valence-electron chi connectivity index (χ2n) is 9.21. The number of carbonyl (C=O) groups is 2. The molecule has 0 aromatic heterocycles. The highest BCUT2D eigenvalue weighted by Crippen LogP contribution is 2.26. The van der Waals surface area contributed by atoms with Crippen LogP contribution >= 0.6 is 0 Å². The number of ether oxygens (including phenoxy) is 3. The van der Waals surface area contributed by atoms with Gasteiger partial charge in [-0.3, -0.25) is 9.59 Å². The lowest BCUT2D eigenvalue weighted by atomic mass is 10.0. The van der Waals surface area contributed by atoms with Crippen molar-refractivity contribution in [2.24, 2.45) is 0 Å². The fraction of sp³-hybridized carbons (Fsp3) is 0.333. The van der Waals surface area contributed by atoms with Crippen LogP contribution in [-0.2, 0) is 6.42 Å². The summed E-state index contributed by atoms with van der Waals surface area (Å²) in [6, 6.07) is 20.7. The summed E-state index contributed by atoms with van der Waals surface area (Å²) in [5.74, 6) is 1.72. The summed E-state index contributed by atoms with van der Waals surface area (Å²) in [6.45, 7) is 2.02. The summed E-state index contributed by atoms with van der Waals surface area (Å²) in [7, 11) is 4.77. The van der Waals surface area contributed by atoms with Gasteiger partial charge in [-0.1, -0.05) is 24.3 Å². The third-order valence-corrected chi connectivity index (χ3v) is 6.79. The highest BCUT2D eigenvalue weighted by atomic mass is 16.5. The van der Waals surface area contributed by atoms with Crippen molar-refractivity contribution in [3.63, 3.8) is 0 Å². The minimum Gasteiger partial charge on any atom is -0.497 e. The summed E-state index contributed by atoms with van der Waals surface area (Å²) in [6.07, 6.45) is 2.29. The Morgan fingerprint density at radius 1 is 0.816 bits per heavy atom. The predicted octanol–water partition coefficient (Wildman–Crippen LogP) is 4.08. The number of piperidine rings is 1. The molecule has 3 aromatic rings. The highest BCUT2D eigenvalue weighted by Gasteiger charge is 2.24. The van der Waals surface area contributed by atoms with Crippen molar-refractivity contribution in [2.75, 3.05) is 45.9 Å². The number of carbonyl (C=O) groups excluding carboxylic acids is 2. The first-order valence-corrected chi connectivity index (χ1v) is 12.8. The molecule has 1 aliphatic heterocycles. The van der Waals surface area contributed by atoms with Crippen LogP contribution in [0.25, 0.3) is 0 Å². The average molecular weight is 518 g/mol. The minimum atomic E-state index is -0.155. The quantitative estimate of drug-likeness (QED) is 0.421. The normalized spacial score (nSPS) is 13.5. The topological polar surface area (TPSA) is 89.1 Å². The minimum absolute atomic E-state index is 0.0430. The molecule has 1 heterocycles. The maximum atomic E-state index is 13.0. The lowest BCUT2D eigenvalue weighted by Crippen LogP contribution is -2.45. The molecule has 8 nitrogen and oxygen atoms in total. The number of nitrogens with zero attached hydrogens (tertiary/aromatic N) is 1. The number of nitrogens with one attached hydrogen (secondary N) is 2. The van der Waals surface area contributed by atoms with Gasteiger partial charge in [0.1, 0.15) is 17.2 Å². The molecule has 0 saturated carbocycles. The van der Waals surface area contributed by atoms with Crippen LogP contribution in [0.4, 0.5) is 5.69 Å². The number of benzene rings is 3. The molecule has 3 aromatic carbocycles. The highest BCUT2D eigenvalue weighted by molar-refractivity contribution is 6.00. The zero-order chi connectivity index (χ0) is 26.9. The Balaban J connectivity index is 1.31. The van der Waals surface area contributed by atoms with Crippen LogP contribution in [0.3, 0.4) is 0 Å². The fourth-order valence-electron chi connectivity index (χ4n) is 4.62. The Labute approximate surface area is 223 Å². The maximum Gasteiger partial charge on any atom is 0.253 e. The van der Waals surface area contributed by atoms with Crippen LogP contribution < -0.4 is 29.7 Å². The van der Waals surface area contributed by atoms with Crippen molar-refractivity contribution in [3.05, 3.63) is 83.4 Å². The molecule has 4 rings (SSSR count). The molecule has 0 aliphatic carbocycles. The monoisotopic (exact) mass is 517 g/mol. The second kappa shape index (κ2) is 12.9. The van der Waals surface area contributed by atoms with Crippen LogP contribution in [0.1, 0.15) is 39.1 Å². The van der Waals surface area contributed by atoms with Crippen LogP contribution in [-0.4, -0.2) is 58.8 Å². The first kappa shape index (κ1) is 26.9. The molecule has 8 heteroatoms. The lowest BCUT2D eigenvalue weighted by molar-refractivity contribution is 0.0929. The van der Waals surface area contributed by atoms with Crippen molar-refractivity contribution in [2.45, 2.75) is 25.3 Å². The third-order valence-electron chi connectivity index (χ3n) is 6.79. The molecule has 1 fully saturated rings. The molecule has 2 amide bonds. The smallest absolute Gasteiger partial charge is 0.253 e. The van der Waals surface area contributed by atoms with Gasteiger partial charge in [0.05, 0.1) is 26.9 Å². The van der Waals surface area contributed by atoms with Crippen molar-refractivity contribution < 1.29 is 23.8 Å². The Morgan fingerprint density at radius 2 is 1.45 bits per heavy atom. The van der Waals surface area contributed by atoms with E-state index in [0.717, 1.165) is 49.4 Å². The van der Waals surface area contributed by atoms with E-state index < -0.39 is 0 Å². The summed E-state index contributed by atoms with van der Waals surface area (Å²) in [5, 5.41) is 6.19. The van der Waals surface area contributed by atoms with E-state index in [0.29, 0.717) is 29.2 Å². The number of amides is 2. The van der Waals surface area contributed by atoms with Gasteiger partial charge in [0, 0.05) is 43.0 Å². The van der Waals surface area contributed by atoms with Gasteiger partial charge in [0.15, 0.2) is 0 Å². The maximum absolute atomic E-state index is 13.0. The van der Waals surface area contributed by atoms with Gasteiger partial charge in [-0.2, -0.15) is 0 Å². The van der Waals surface area contributed by atoms with Gasteiger partial charge in [0.25, 0.3) is 11.8 Å². The van der Waals surface area contributed by atoms with E-state index in [2.05, 4.69) is 15.5 Å². The van der Waals surface area contributed by atoms with Crippen LogP contribution in [0.15, 0.2) is 66.7 Å². The van der Waals surface area contributed by atoms with Gasteiger partial charge in [-0.15, -0.1) is 0 Å². The largest absolute Gasteiger partial charge is 0.497 e. The standard InChI is InChI=1S/C30H35N3O5/c1-36-24-10-8-21(9-11-24)12-15-31-30(35)27-6-4-5-7-28(27)33-16-13-23(14-17-33)32-29(34)22-18-25(37-2)20-26(19-22)38-3/h4-11,18-20,23H,12-17H2,1-3H3,(H,31,35)(H,32,34). The predicted molar refractivity (Wildman–Crippen MR) is 148 cm³/mol. The molecule has 0 spiro atoms. The first-order chi connectivity index (χ1) is 18.5. The molecule has 38 heavy (non-hydrogen) atoms. The second-order valence-corrected chi connectivity index (χ2v) is 9.21. The fourth-order valence-corrected chi connectivity index (χ4v) is 4.62. The summed E-state index contributed by atoms with van der Waals surface area (Å²) in [5.41, 5.74) is 3.21. The Kier molecular flexibility index (Phi) is 9.08. The third kappa shape index (κ3) is 6.76. The lowest BCUT2D eigenvalue weighted by Gasteiger charge is -2.35. The van der Waals surface area contributed by atoms with Crippen molar-refractivity contribution in [1.29, 1.82) is 0 Å². The SMILES string of the molecule is COc1ccc(CCNC(=O)c2ccccc2N2CCC(NC(=O)c3cc(OC)cc(OC)c3)CC2)cc1.